The second-order valence-electron chi connectivity index (χ2n) is 2.40. The summed E-state index contributed by atoms with van der Waals surface area (Å²) in [5.41, 5.74) is 13.6. The molecular formula is C6H8N6. The Morgan fingerprint density at radius 1 is 0.917 bits per heavy atom. The van der Waals surface area contributed by atoms with Crippen LogP contribution in [0.25, 0.3) is 11.4 Å². The average Bonchev–Trinajstić information content (AvgIpc) is 2.59. The number of aromatic amines is 2. The number of nitrogens with zero attached hydrogens (tertiary/aromatic N) is 2. The predicted molar refractivity (Wildman–Crippen MR) is 45.0 cm³/mol. The van der Waals surface area contributed by atoms with Gasteiger partial charge >= 0.3 is 0 Å². The molecule has 2 aromatic rings. The van der Waals surface area contributed by atoms with Crippen molar-refractivity contribution >= 4 is 11.4 Å². The fourth-order valence-electron chi connectivity index (χ4n) is 0.991. The van der Waals surface area contributed by atoms with Crippen molar-refractivity contribution in [2.75, 3.05) is 11.5 Å². The van der Waals surface area contributed by atoms with Crippen molar-refractivity contribution in [3.05, 3.63) is 12.4 Å². The standard InChI is InChI=1S/C6H8N6/c7-3-1-9-11-5(3)6-4(8)2-10-12-6/h1-2H,7-8H2,(H,9,11)(H,10,12). The predicted octanol–water partition coefficient (Wildman–Crippen LogP) is -0.0358. The van der Waals surface area contributed by atoms with Gasteiger partial charge in [0.2, 0.25) is 0 Å². The van der Waals surface area contributed by atoms with E-state index in [0.717, 1.165) is 0 Å². The van der Waals surface area contributed by atoms with Crippen LogP contribution in [0.2, 0.25) is 0 Å². The number of nitrogens with two attached hydrogens (primary N) is 2. The number of hydrogen-bond acceptors (Lipinski definition) is 4. The SMILES string of the molecule is Nc1cn[nH]c1-c1[nH]ncc1N. The first-order chi connectivity index (χ1) is 5.79. The molecule has 0 aliphatic carbocycles. The van der Waals surface area contributed by atoms with Crippen molar-refractivity contribution in [1.29, 1.82) is 0 Å². The number of hydrogen-bond donors (Lipinski definition) is 4. The molecule has 0 atom stereocenters. The third kappa shape index (κ3) is 0.815. The van der Waals surface area contributed by atoms with Gasteiger partial charge in [0.15, 0.2) is 0 Å². The minimum Gasteiger partial charge on any atom is -0.396 e. The van der Waals surface area contributed by atoms with Gasteiger partial charge in [0.05, 0.1) is 23.8 Å². The van der Waals surface area contributed by atoms with E-state index in [2.05, 4.69) is 20.4 Å². The highest BCUT2D eigenvalue weighted by Gasteiger charge is 2.09. The Hall–Kier alpha value is -1.98. The summed E-state index contributed by atoms with van der Waals surface area (Å²) in [5.74, 6) is 0. The topological polar surface area (TPSA) is 109 Å². The third-order valence-electron chi connectivity index (χ3n) is 1.59. The second-order valence-corrected chi connectivity index (χ2v) is 2.40. The van der Waals surface area contributed by atoms with Crippen LogP contribution in [0.4, 0.5) is 11.4 Å². The number of aromatic nitrogens is 4. The maximum atomic E-state index is 5.60. The van der Waals surface area contributed by atoms with E-state index in [-0.39, 0.29) is 0 Å². The lowest BCUT2D eigenvalue weighted by molar-refractivity contribution is 1.06. The molecule has 2 heterocycles. The molecule has 2 aromatic heterocycles. The molecule has 6 heteroatoms. The highest BCUT2D eigenvalue weighted by atomic mass is 15.2. The first-order valence-electron chi connectivity index (χ1n) is 3.37. The maximum absolute atomic E-state index is 5.60. The lowest BCUT2D eigenvalue weighted by Gasteiger charge is -1.95. The number of H-pyrrole nitrogens is 2. The summed E-state index contributed by atoms with van der Waals surface area (Å²) in [5, 5.41) is 13.0. The highest BCUT2D eigenvalue weighted by molar-refractivity contribution is 5.77. The number of nitrogens with one attached hydrogen (secondary N) is 2. The number of rotatable bonds is 1. The van der Waals surface area contributed by atoms with Gasteiger partial charge in [0, 0.05) is 0 Å². The van der Waals surface area contributed by atoms with Crippen molar-refractivity contribution in [2.45, 2.75) is 0 Å². The van der Waals surface area contributed by atoms with Gasteiger partial charge in [-0.25, -0.2) is 0 Å². The monoisotopic (exact) mass is 164 g/mol. The molecule has 0 saturated heterocycles. The van der Waals surface area contributed by atoms with Crippen molar-refractivity contribution in [3.8, 4) is 11.4 Å². The van der Waals surface area contributed by atoms with E-state index >= 15 is 0 Å². The minimum absolute atomic E-state index is 0.547. The van der Waals surface area contributed by atoms with Crippen molar-refractivity contribution in [1.82, 2.24) is 20.4 Å². The molecule has 0 aliphatic heterocycles. The Bertz CT molecular complexity index is 348. The highest BCUT2D eigenvalue weighted by Crippen LogP contribution is 2.24. The Morgan fingerprint density at radius 3 is 1.58 bits per heavy atom. The van der Waals surface area contributed by atoms with Gasteiger partial charge in [0.1, 0.15) is 11.4 Å². The fourth-order valence-corrected chi connectivity index (χ4v) is 0.991. The quantitative estimate of drug-likeness (QED) is 0.474. The lowest BCUT2D eigenvalue weighted by atomic mass is 10.2. The first-order valence-corrected chi connectivity index (χ1v) is 3.37. The van der Waals surface area contributed by atoms with Crippen LogP contribution >= 0.6 is 0 Å². The average molecular weight is 164 g/mol. The van der Waals surface area contributed by atoms with Crippen LogP contribution < -0.4 is 11.5 Å². The van der Waals surface area contributed by atoms with E-state index in [4.69, 9.17) is 11.5 Å². The summed E-state index contributed by atoms with van der Waals surface area (Å²) < 4.78 is 0. The summed E-state index contributed by atoms with van der Waals surface area (Å²) in [6.07, 6.45) is 3.05. The summed E-state index contributed by atoms with van der Waals surface area (Å²) in [4.78, 5) is 0. The Morgan fingerprint density at radius 2 is 1.33 bits per heavy atom. The van der Waals surface area contributed by atoms with Gasteiger partial charge in [-0.15, -0.1) is 0 Å². The van der Waals surface area contributed by atoms with E-state index in [0.29, 0.717) is 22.8 Å². The zero-order chi connectivity index (χ0) is 8.55. The molecule has 0 fully saturated rings. The molecule has 12 heavy (non-hydrogen) atoms. The van der Waals surface area contributed by atoms with Crippen LogP contribution in [0.3, 0.4) is 0 Å². The van der Waals surface area contributed by atoms with Crippen molar-refractivity contribution in [3.63, 3.8) is 0 Å². The smallest absolute Gasteiger partial charge is 0.108 e. The molecule has 0 bridgehead atoms. The Kier molecular flexibility index (Phi) is 1.26. The van der Waals surface area contributed by atoms with Gasteiger partial charge in [-0.1, -0.05) is 0 Å². The minimum atomic E-state index is 0.547. The zero-order valence-corrected chi connectivity index (χ0v) is 6.20. The van der Waals surface area contributed by atoms with Crippen LogP contribution in [0.15, 0.2) is 12.4 Å². The molecule has 62 valence electrons. The summed E-state index contributed by atoms with van der Waals surface area (Å²) >= 11 is 0. The van der Waals surface area contributed by atoms with E-state index < -0.39 is 0 Å². The van der Waals surface area contributed by atoms with Gasteiger partial charge in [-0.3, -0.25) is 10.2 Å². The number of nitrogen functional groups attached to an aromatic ring is 2. The molecule has 0 aliphatic rings. The molecule has 6 nitrogen and oxygen atoms in total. The van der Waals surface area contributed by atoms with E-state index in [1.807, 2.05) is 0 Å². The molecule has 0 spiro atoms. The van der Waals surface area contributed by atoms with Crippen LogP contribution in [0.5, 0.6) is 0 Å². The summed E-state index contributed by atoms with van der Waals surface area (Å²) in [6, 6.07) is 0. The molecule has 6 N–H and O–H groups in total. The van der Waals surface area contributed by atoms with Gasteiger partial charge in [-0.05, 0) is 0 Å². The van der Waals surface area contributed by atoms with Gasteiger partial charge in [0.25, 0.3) is 0 Å². The molecule has 0 amide bonds. The maximum Gasteiger partial charge on any atom is 0.108 e. The molecule has 0 saturated carbocycles. The normalized spacial score (nSPS) is 10.3. The van der Waals surface area contributed by atoms with Crippen LogP contribution in [0, 0.1) is 0 Å². The third-order valence-corrected chi connectivity index (χ3v) is 1.59. The first kappa shape index (κ1) is 6.71. The molecular weight excluding hydrogens is 156 g/mol. The molecule has 2 rings (SSSR count). The van der Waals surface area contributed by atoms with E-state index in [1.165, 1.54) is 12.4 Å². The van der Waals surface area contributed by atoms with Gasteiger partial charge < -0.3 is 11.5 Å². The van der Waals surface area contributed by atoms with Crippen LogP contribution in [0.1, 0.15) is 0 Å². The molecule has 0 radical (unpaired) electrons. The molecule has 0 aromatic carbocycles. The fraction of sp³-hybridized carbons (Fsp3) is 0. The Balaban J connectivity index is 2.57. The van der Waals surface area contributed by atoms with Crippen molar-refractivity contribution < 1.29 is 0 Å². The Labute approximate surface area is 68.0 Å². The number of anilines is 2. The lowest BCUT2D eigenvalue weighted by Crippen LogP contribution is -1.91. The zero-order valence-electron chi connectivity index (χ0n) is 6.20. The van der Waals surface area contributed by atoms with Gasteiger partial charge in [-0.2, -0.15) is 10.2 Å². The van der Waals surface area contributed by atoms with Crippen LogP contribution in [-0.4, -0.2) is 20.4 Å². The van der Waals surface area contributed by atoms with E-state index in [1.54, 1.807) is 0 Å². The van der Waals surface area contributed by atoms with E-state index in [9.17, 15) is 0 Å². The largest absolute Gasteiger partial charge is 0.396 e. The van der Waals surface area contributed by atoms with Crippen LogP contribution in [-0.2, 0) is 0 Å². The molecule has 0 unspecified atom stereocenters. The summed E-state index contributed by atoms with van der Waals surface area (Å²) in [7, 11) is 0. The van der Waals surface area contributed by atoms with Crippen molar-refractivity contribution in [2.24, 2.45) is 0 Å². The summed E-state index contributed by atoms with van der Waals surface area (Å²) in [6.45, 7) is 0. The second kappa shape index (κ2) is 2.26.